The molecule has 1 heterocycles. The number of benzene rings is 2. The van der Waals surface area contributed by atoms with Gasteiger partial charge in [0.2, 0.25) is 0 Å². The molecule has 1 aromatic heterocycles. The maximum Gasteiger partial charge on any atom is 0.266 e. The summed E-state index contributed by atoms with van der Waals surface area (Å²) < 4.78 is 17.8. The number of nitrogens with zero attached hydrogens (tertiary/aromatic N) is 2. The second-order valence-corrected chi connectivity index (χ2v) is 7.72. The van der Waals surface area contributed by atoms with E-state index in [1.807, 2.05) is 32.0 Å². The molecule has 1 N–H and O–H groups in total. The van der Waals surface area contributed by atoms with E-state index in [1.165, 1.54) is 10.7 Å². The van der Waals surface area contributed by atoms with Crippen molar-refractivity contribution < 1.29 is 19.0 Å². The normalized spacial score (nSPS) is 11.5. The highest BCUT2D eigenvalue weighted by molar-refractivity contribution is 5.80. The van der Waals surface area contributed by atoms with E-state index in [-0.39, 0.29) is 24.6 Å². The van der Waals surface area contributed by atoms with E-state index in [0.29, 0.717) is 28.5 Å². The molecule has 0 radical (unpaired) electrons. The third kappa shape index (κ3) is 6.12. The van der Waals surface area contributed by atoms with Crippen molar-refractivity contribution in [3.63, 3.8) is 0 Å². The number of methoxy groups -OCH3 is 2. The zero-order chi connectivity index (χ0) is 24.0. The topological polar surface area (TPSA) is 91.7 Å². The minimum absolute atomic E-state index is 0.209. The lowest BCUT2D eigenvalue weighted by molar-refractivity contribution is -0.127. The Morgan fingerprint density at radius 1 is 1.00 bits per heavy atom. The molecule has 0 aliphatic rings. The summed E-state index contributed by atoms with van der Waals surface area (Å²) >= 11 is 0. The van der Waals surface area contributed by atoms with Crippen LogP contribution in [0.5, 0.6) is 17.2 Å². The molecule has 1 unspecified atom stereocenters. The summed E-state index contributed by atoms with van der Waals surface area (Å²) in [5.74, 6) is 1.63. The van der Waals surface area contributed by atoms with Crippen LogP contribution in [0.2, 0.25) is 0 Å². The van der Waals surface area contributed by atoms with Crippen LogP contribution in [0.1, 0.15) is 18.1 Å². The fraction of sp³-hybridized carbons (Fsp3) is 0.320. The Balaban J connectivity index is 1.66. The van der Waals surface area contributed by atoms with Crippen molar-refractivity contribution in [2.75, 3.05) is 20.8 Å². The van der Waals surface area contributed by atoms with Gasteiger partial charge in [-0.3, -0.25) is 9.59 Å². The minimum atomic E-state index is -0.678. The number of carbonyl (C=O) groups is 1. The highest BCUT2D eigenvalue weighted by Crippen LogP contribution is 2.31. The molecule has 3 rings (SSSR count). The average Bonchev–Trinajstić information content (AvgIpc) is 2.79. The first-order chi connectivity index (χ1) is 15.8. The standard InChI is InChI=1S/C25H29N3O5/c1-16-12-17(2)14-20(13-16)33-18(3)25(30)26-10-11-28-24(29)9-7-22(27-28)21-15-19(31-4)6-8-23(21)32-5/h6-9,12-15,18H,10-11H2,1-5H3,(H,26,30). The van der Waals surface area contributed by atoms with E-state index in [9.17, 15) is 9.59 Å². The van der Waals surface area contributed by atoms with Crippen molar-refractivity contribution in [3.8, 4) is 28.5 Å². The van der Waals surface area contributed by atoms with E-state index in [4.69, 9.17) is 14.2 Å². The van der Waals surface area contributed by atoms with Crippen molar-refractivity contribution in [1.29, 1.82) is 0 Å². The SMILES string of the molecule is COc1ccc(OC)c(-c2ccc(=O)n(CCNC(=O)C(C)Oc3cc(C)cc(C)c3)n2)c1. The van der Waals surface area contributed by atoms with Gasteiger partial charge < -0.3 is 19.5 Å². The van der Waals surface area contributed by atoms with Gasteiger partial charge in [0.1, 0.15) is 17.2 Å². The molecule has 0 saturated heterocycles. The highest BCUT2D eigenvalue weighted by atomic mass is 16.5. The van der Waals surface area contributed by atoms with Crippen molar-refractivity contribution in [2.24, 2.45) is 0 Å². The summed E-state index contributed by atoms with van der Waals surface area (Å²) in [7, 11) is 3.14. The Kier molecular flexibility index (Phi) is 7.71. The van der Waals surface area contributed by atoms with Gasteiger partial charge in [-0.1, -0.05) is 6.07 Å². The molecule has 2 aromatic carbocycles. The number of carbonyl (C=O) groups excluding carboxylic acids is 1. The molecule has 0 aliphatic heterocycles. The van der Waals surface area contributed by atoms with Crippen LogP contribution in [0.4, 0.5) is 0 Å². The molecule has 1 amide bonds. The fourth-order valence-electron chi connectivity index (χ4n) is 3.45. The average molecular weight is 452 g/mol. The number of aromatic nitrogens is 2. The molecular formula is C25H29N3O5. The lowest BCUT2D eigenvalue weighted by Crippen LogP contribution is -2.39. The van der Waals surface area contributed by atoms with Gasteiger partial charge in [0.15, 0.2) is 6.10 Å². The van der Waals surface area contributed by atoms with Gasteiger partial charge in [-0.05, 0) is 68.3 Å². The summed E-state index contributed by atoms with van der Waals surface area (Å²) in [4.78, 5) is 24.8. The molecule has 3 aromatic rings. The van der Waals surface area contributed by atoms with Crippen LogP contribution in [-0.2, 0) is 11.3 Å². The van der Waals surface area contributed by atoms with Crippen LogP contribution < -0.4 is 25.1 Å². The van der Waals surface area contributed by atoms with Gasteiger partial charge in [0, 0.05) is 18.2 Å². The van der Waals surface area contributed by atoms with E-state index in [0.717, 1.165) is 11.1 Å². The number of rotatable bonds is 9. The van der Waals surface area contributed by atoms with Gasteiger partial charge in [-0.15, -0.1) is 0 Å². The maximum absolute atomic E-state index is 12.5. The molecule has 0 aliphatic carbocycles. The molecule has 0 fully saturated rings. The molecule has 0 bridgehead atoms. The predicted octanol–water partition coefficient (Wildman–Crippen LogP) is 3.13. The highest BCUT2D eigenvalue weighted by Gasteiger charge is 2.15. The largest absolute Gasteiger partial charge is 0.497 e. The number of amides is 1. The van der Waals surface area contributed by atoms with Gasteiger partial charge in [0.05, 0.1) is 26.5 Å². The number of hydrogen-bond acceptors (Lipinski definition) is 6. The lowest BCUT2D eigenvalue weighted by Gasteiger charge is -2.16. The fourth-order valence-corrected chi connectivity index (χ4v) is 3.45. The molecule has 174 valence electrons. The number of ether oxygens (including phenoxy) is 3. The van der Waals surface area contributed by atoms with E-state index >= 15 is 0 Å². The van der Waals surface area contributed by atoms with Gasteiger partial charge in [-0.2, -0.15) is 5.10 Å². The Bertz CT molecular complexity index is 1170. The smallest absolute Gasteiger partial charge is 0.266 e. The second kappa shape index (κ2) is 10.7. The van der Waals surface area contributed by atoms with Crippen molar-refractivity contribution in [2.45, 2.75) is 33.4 Å². The van der Waals surface area contributed by atoms with Gasteiger partial charge in [-0.25, -0.2) is 4.68 Å². The van der Waals surface area contributed by atoms with Gasteiger partial charge in [0.25, 0.3) is 11.5 Å². The number of aryl methyl sites for hydroxylation is 2. The van der Waals surface area contributed by atoms with E-state index < -0.39 is 6.10 Å². The molecule has 8 heteroatoms. The monoisotopic (exact) mass is 451 g/mol. The Hall–Kier alpha value is -3.81. The quantitative estimate of drug-likeness (QED) is 0.538. The molecule has 8 nitrogen and oxygen atoms in total. The summed E-state index contributed by atoms with van der Waals surface area (Å²) in [5.41, 5.74) is 3.12. The van der Waals surface area contributed by atoms with Crippen LogP contribution in [0.15, 0.2) is 53.3 Å². The summed E-state index contributed by atoms with van der Waals surface area (Å²) in [6.45, 7) is 6.08. The second-order valence-electron chi connectivity index (χ2n) is 7.72. The van der Waals surface area contributed by atoms with Crippen LogP contribution in [0.3, 0.4) is 0 Å². The first-order valence-electron chi connectivity index (χ1n) is 10.6. The first kappa shape index (κ1) is 23.8. The maximum atomic E-state index is 12.5. The number of nitrogens with one attached hydrogen (secondary N) is 1. The minimum Gasteiger partial charge on any atom is -0.497 e. The summed E-state index contributed by atoms with van der Waals surface area (Å²) in [5, 5.41) is 7.24. The van der Waals surface area contributed by atoms with E-state index in [2.05, 4.69) is 10.4 Å². The Labute approximate surface area is 193 Å². The Morgan fingerprint density at radius 2 is 1.73 bits per heavy atom. The lowest BCUT2D eigenvalue weighted by atomic mass is 10.1. The van der Waals surface area contributed by atoms with Crippen LogP contribution in [0.25, 0.3) is 11.3 Å². The predicted molar refractivity (Wildman–Crippen MR) is 126 cm³/mol. The van der Waals surface area contributed by atoms with Crippen molar-refractivity contribution in [1.82, 2.24) is 15.1 Å². The summed E-state index contributed by atoms with van der Waals surface area (Å²) in [6, 6.07) is 14.2. The summed E-state index contributed by atoms with van der Waals surface area (Å²) in [6.07, 6.45) is -0.678. The van der Waals surface area contributed by atoms with Gasteiger partial charge >= 0.3 is 0 Å². The van der Waals surface area contributed by atoms with Crippen molar-refractivity contribution >= 4 is 5.91 Å². The Morgan fingerprint density at radius 3 is 2.39 bits per heavy atom. The molecular weight excluding hydrogens is 422 g/mol. The molecule has 33 heavy (non-hydrogen) atoms. The zero-order valence-electron chi connectivity index (χ0n) is 19.5. The third-order valence-corrected chi connectivity index (χ3v) is 5.05. The third-order valence-electron chi connectivity index (χ3n) is 5.05. The van der Waals surface area contributed by atoms with Crippen LogP contribution >= 0.6 is 0 Å². The van der Waals surface area contributed by atoms with Crippen molar-refractivity contribution in [3.05, 3.63) is 70.0 Å². The number of hydrogen-bond donors (Lipinski definition) is 1. The molecule has 0 spiro atoms. The van der Waals surface area contributed by atoms with E-state index in [1.54, 1.807) is 45.4 Å². The molecule has 0 saturated carbocycles. The van der Waals surface area contributed by atoms with Crippen LogP contribution in [0, 0.1) is 13.8 Å². The molecule has 1 atom stereocenters. The van der Waals surface area contributed by atoms with Crippen LogP contribution in [-0.4, -0.2) is 42.6 Å². The zero-order valence-corrected chi connectivity index (χ0v) is 19.5. The first-order valence-corrected chi connectivity index (χ1v) is 10.6.